The minimum absolute atomic E-state index is 0.0376. The molecular formula is C23H27N3O3. The van der Waals surface area contributed by atoms with E-state index in [0.717, 1.165) is 16.7 Å². The van der Waals surface area contributed by atoms with E-state index in [9.17, 15) is 14.7 Å². The van der Waals surface area contributed by atoms with Crippen molar-refractivity contribution in [2.75, 3.05) is 13.2 Å². The molecule has 152 valence electrons. The van der Waals surface area contributed by atoms with Crippen LogP contribution in [0.5, 0.6) is 0 Å². The van der Waals surface area contributed by atoms with Crippen LogP contribution >= 0.6 is 0 Å². The van der Waals surface area contributed by atoms with E-state index in [4.69, 9.17) is 0 Å². The van der Waals surface area contributed by atoms with Crippen LogP contribution in [0.1, 0.15) is 36.5 Å². The quantitative estimate of drug-likeness (QED) is 0.755. The summed E-state index contributed by atoms with van der Waals surface area (Å²) in [4.78, 5) is 30.3. The molecule has 2 heterocycles. The lowest BCUT2D eigenvalue weighted by Crippen LogP contribution is -2.68. The summed E-state index contributed by atoms with van der Waals surface area (Å²) in [5, 5.41) is 12.9. The molecule has 29 heavy (non-hydrogen) atoms. The number of rotatable bonds is 7. The Balaban J connectivity index is 1.83. The summed E-state index contributed by atoms with van der Waals surface area (Å²) < 4.78 is 0. The summed E-state index contributed by atoms with van der Waals surface area (Å²) in [5.41, 5.74) is 2.98. The number of pyridine rings is 1. The molecule has 1 fully saturated rings. The van der Waals surface area contributed by atoms with Gasteiger partial charge in [-0.1, -0.05) is 42.5 Å². The first-order valence-corrected chi connectivity index (χ1v) is 9.83. The Kier molecular flexibility index (Phi) is 6.77. The van der Waals surface area contributed by atoms with Crippen LogP contribution in [-0.2, 0) is 16.0 Å². The molecule has 1 saturated heterocycles. The fraction of sp³-hybridized carbons (Fsp3) is 0.348. The second kappa shape index (κ2) is 9.47. The number of carbonyl (C=O) groups excluding carboxylic acids is 2. The third kappa shape index (κ3) is 4.71. The minimum atomic E-state index is -0.314. The number of nitrogens with one attached hydrogen (secondary N) is 1. The van der Waals surface area contributed by atoms with Gasteiger partial charge in [0.05, 0.1) is 25.1 Å². The first-order valence-electron chi connectivity index (χ1n) is 9.83. The van der Waals surface area contributed by atoms with Crippen LogP contribution in [0.3, 0.4) is 0 Å². The number of benzene rings is 1. The molecule has 3 rings (SSSR count). The monoisotopic (exact) mass is 393 g/mol. The van der Waals surface area contributed by atoms with Crippen molar-refractivity contribution < 1.29 is 14.7 Å². The van der Waals surface area contributed by atoms with Gasteiger partial charge in [-0.3, -0.25) is 14.6 Å². The Labute approximate surface area is 171 Å². The van der Waals surface area contributed by atoms with Crippen LogP contribution in [0.25, 0.3) is 6.08 Å². The number of aromatic nitrogens is 1. The van der Waals surface area contributed by atoms with Crippen molar-refractivity contribution >= 4 is 17.9 Å². The molecule has 2 aromatic rings. The Morgan fingerprint density at radius 3 is 2.55 bits per heavy atom. The SMILES string of the molecule is CC=Cc1ccc([C@@H]2[C@@H](CO)N(C(=O)Cc3cccnc3)[C@H]2CNC(C)=O)cc1. The van der Waals surface area contributed by atoms with E-state index >= 15 is 0 Å². The van der Waals surface area contributed by atoms with Crippen molar-refractivity contribution in [2.24, 2.45) is 0 Å². The number of hydrogen-bond acceptors (Lipinski definition) is 4. The van der Waals surface area contributed by atoms with Crippen LogP contribution in [0.4, 0.5) is 0 Å². The van der Waals surface area contributed by atoms with Crippen LogP contribution in [-0.4, -0.2) is 52.0 Å². The number of carbonyl (C=O) groups is 2. The highest BCUT2D eigenvalue weighted by Gasteiger charge is 2.50. The summed E-state index contributed by atoms with van der Waals surface area (Å²) in [7, 11) is 0. The summed E-state index contributed by atoms with van der Waals surface area (Å²) in [6, 6.07) is 11.3. The third-order valence-corrected chi connectivity index (χ3v) is 5.34. The molecule has 2 amide bonds. The van der Waals surface area contributed by atoms with E-state index < -0.39 is 0 Å². The lowest BCUT2D eigenvalue weighted by molar-refractivity contribution is -0.150. The predicted octanol–water partition coefficient (Wildman–Crippen LogP) is 2.15. The maximum atomic E-state index is 13.0. The minimum Gasteiger partial charge on any atom is -0.394 e. The van der Waals surface area contributed by atoms with Crippen molar-refractivity contribution in [1.29, 1.82) is 0 Å². The second-order valence-electron chi connectivity index (χ2n) is 7.29. The number of hydrogen-bond donors (Lipinski definition) is 2. The maximum absolute atomic E-state index is 13.0. The van der Waals surface area contributed by atoms with Gasteiger partial charge < -0.3 is 15.3 Å². The average Bonchev–Trinajstić information content (AvgIpc) is 2.69. The smallest absolute Gasteiger partial charge is 0.227 e. The number of amides is 2. The molecule has 0 bridgehead atoms. The van der Waals surface area contributed by atoms with Gasteiger partial charge in [0.15, 0.2) is 0 Å². The van der Waals surface area contributed by atoms with Gasteiger partial charge in [0, 0.05) is 31.8 Å². The normalized spacial score (nSPS) is 21.1. The Morgan fingerprint density at radius 2 is 1.97 bits per heavy atom. The second-order valence-corrected chi connectivity index (χ2v) is 7.29. The van der Waals surface area contributed by atoms with Crippen LogP contribution < -0.4 is 5.32 Å². The van der Waals surface area contributed by atoms with Gasteiger partial charge in [-0.05, 0) is 29.7 Å². The maximum Gasteiger partial charge on any atom is 0.227 e. The Morgan fingerprint density at radius 1 is 1.21 bits per heavy atom. The molecule has 0 radical (unpaired) electrons. The summed E-state index contributed by atoms with van der Waals surface area (Å²) in [5.74, 6) is -0.252. The van der Waals surface area contributed by atoms with E-state index in [0.29, 0.717) is 6.54 Å². The zero-order valence-electron chi connectivity index (χ0n) is 16.8. The molecule has 1 aromatic heterocycles. The summed E-state index contributed by atoms with van der Waals surface area (Å²) in [6.07, 6.45) is 7.56. The number of nitrogens with zero attached hydrogens (tertiary/aromatic N) is 2. The van der Waals surface area contributed by atoms with Crippen molar-refractivity contribution in [3.05, 3.63) is 71.6 Å². The number of likely N-dealkylation sites (tertiary alicyclic amines) is 1. The zero-order chi connectivity index (χ0) is 20.8. The molecule has 1 aliphatic heterocycles. The van der Waals surface area contributed by atoms with Gasteiger partial charge in [-0.25, -0.2) is 0 Å². The van der Waals surface area contributed by atoms with Gasteiger partial charge in [-0.15, -0.1) is 0 Å². The van der Waals surface area contributed by atoms with E-state index in [-0.39, 0.29) is 42.8 Å². The first-order chi connectivity index (χ1) is 14.0. The largest absolute Gasteiger partial charge is 0.394 e. The fourth-order valence-corrected chi connectivity index (χ4v) is 4.03. The van der Waals surface area contributed by atoms with Gasteiger partial charge in [-0.2, -0.15) is 0 Å². The van der Waals surface area contributed by atoms with E-state index in [1.54, 1.807) is 23.4 Å². The molecule has 0 saturated carbocycles. The summed E-state index contributed by atoms with van der Waals surface area (Å²) in [6.45, 7) is 3.66. The standard InChI is InChI=1S/C23H27N3O3/c1-3-5-17-7-9-19(10-8-17)23-20(14-25-16(2)28)26(21(23)15-27)22(29)12-18-6-4-11-24-13-18/h3-11,13,20-21,23,27H,12,14-15H2,1-2H3,(H,25,28)/t20-,21+,23-/m0/s1. The molecule has 0 aliphatic carbocycles. The van der Waals surface area contributed by atoms with Gasteiger partial charge >= 0.3 is 0 Å². The predicted molar refractivity (Wildman–Crippen MR) is 112 cm³/mol. The Bertz CT molecular complexity index is 865. The van der Waals surface area contributed by atoms with Gasteiger partial charge in [0.2, 0.25) is 11.8 Å². The fourth-order valence-electron chi connectivity index (χ4n) is 4.03. The molecule has 6 nitrogen and oxygen atoms in total. The lowest BCUT2D eigenvalue weighted by atomic mass is 9.74. The highest BCUT2D eigenvalue weighted by molar-refractivity contribution is 5.81. The van der Waals surface area contributed by atoms with E-state index in [1.165, 1.54) is 6.92 Å². The van der Waals surface area contributed by atoms with Crippen molar-refractivity contribution in [3.63, 3.8) is 0 Å². The lowest BCUT2D eigenvalue weighted by Gasteiger charge is -2.55. The van der Waals surface area contributed by atoms with Crippen LogP contribution in [0, 0.1) is 0 Å². The molecule has 2 N–H and O–H groups in total. The van der Waals surface area contributed by atoms with Crippen LogP contribution in [0.2, 0.25) is 0 Å². The topological polar surface area (TPSA) is 82.5 Å². The number of allylic oxidation sites excluding steroid dienone is 1. The van der Waals surface area contributed by atoms with E-state index in [2.05, 4.69) is 10.3 Å². The molecule has 3 atom stereocenters. The average molecular weight is 393 g/mol. The Hall–Kier alpha value is -2.99. The molecule has 1 aromatic carbocycles. The molecular weight excluding hydrogens is 366 g/mol. The number of aliphatic hydroxyl groups is 1. The highest BCUT2D eigenvalue weighted by Crippen LogP contribution is 2.41. The molecule has 0 spiro atoms. The summed E-state index contributed by atoms with van der Waals surface area (Å²) >= 11 is 0. The molecule has 6 heteroatoms. The molecule has 1 aliphatic rings. The van der Waals surface area contributed by atoms with E-state index in [1.807, 2.05) is 49.4 Å². The zero-order valence-corrected chi connectivity index (χ0v) is 16.8. The van der Waals surface area contributed by atoms with Crippen molar-refractivity contribution in [3.8, 4) is 0 Å². The van der Waals surface area contributed by atoms with Crippen LogP contribution in [0.15, 0.2) is 54.9 Å². The highest BCUT2D eigenvalue weighted by atomic mass is 16.3. The van der Waals surface area contributed by atoms with Crippen molar-refractivity contribution in [1.82, 2.24) is 15.2 Å². The first kappa shape index (κ1) is 20.7. The molecule has 0 unspecified atom stereocenters. The van der Waals surface area contributed by atoms with Gasteiger partial charge in [0.25, 0.3) is 0 Å². The third-order valence-electron chi connectivity index (χ3n) is 5.34. The van der Waals surface area contributed by atoms with Gasteiger partial charge in [0.1, 0.15) is 0 Å². The van der Waals surface area contributed by atoms with Crippen molar-refractivity contribution in [2.45, 2.75) is 38.3 Å². The number of aliphatic hydroxyl groups excluding tert-OH is 1.